The van der Waals surface area contributed by atoms with Crippen LogP contribution < -0.4 is 5.32 Å². The quantitative estimate of drug-likeness (QED) is 0.596. The second kappa shape index (κ2) is 8.13. The number of hydrogen-bond acceptors (Lipinski definition) is 3. The molecule has 3 nitrogen and oxygen atoms in total. The molecule has 1 fully saturated rings. The predicted molar refractivity (Wildman–Crippen MR) is 77.9 cm³/mol. The Morgan fingerprint density at radius 2 is 1.89 bits per heavy atom. The fraction of sp³-hybridized carbons (Fsp3) is 1.00. The summed E-state index contributed by atoms with van der Waals surface area (Å²) in [5.41, 5.74) is -0.0211. The topological polar surface area (TPSA) is 35.5 Å². The van der Waals surface area contributed by atoms with Gasteiger partial charge in [-0.3, -0.25) is 0 Å². The molecule has 3 heteroatoms. The number of rotatable bonds is 11. The fourth-order valence-corrected chi connectivity index (χ4v) is 2.48. The summed E-state index contributed by atoms with van der Waals surface area (Å²) < 4.78 is 0. The molecule has 0 bridgehead atoms. The lowest BCUT2D eigenvalue weighted by Gasteiger charge is -2.33. The van der Waals surface area contributed by atoms with E-state index in [1.165, 1.54) is 38.6 Å². The van der Waals surface area contributed by atoms with Gasteiger partial charge in [-0.1, -0.05) is 20.3 Å². The van der Waals surface area contributed by atoms with Gasteiger partial charge in [0.15, 0.2) is 0 Å². The van der Waals surface area contributed by atoms with Crippen LogP contribution in [0, 0.1) is 0 Å². The Bertz CT molecular complexity index is 213. The van der Waals surface area contributed by atoms with E-state index in [9.17, 15) is 5.11 Å². The molecule has 1 saturated carbocycles. The van der Waals surface area contributed by atoms with Gasteiger partial charge in [0, 0.05) is 11.6 Å². The summed E-state index contributed by atoms with van der Waals surface area (Å²) in [5, 5.41) is 13.3. The Morgan fingerprint density at radius 1 is 1.22 bits per heavy atom. The SMILES string of the molecule is CCCCN(C)CCCC(CC)(CO)NC1CC1. The zero-order chi connectivity index (χ0) is 13.4. The molecule has 0 heterocycles. The van der Waals surface area contributed by atoms with Gasteiger partial charge < -0.3 is 15.3 Å². The highest BCUT2D eigenvalue weighted by atomic mass is 16.3. The van der Waals surface area contributed by atoms with Gasteiger partial charge in [-0.05, 0) is 58.7 Å². The highest BCUT2D eigenvalue weighted by Gasteiger charge is 2.33. The molecule has 0 aromatic carbocycles. The maximum Gasteiger partial charge on any atom is 0.0613 e. The highest BCUT2D eigenvalue weighted by Crippen LogP contribution is 2.26. The first kappa shape index (κ1) is 15.9. The van der Waals surface area contributed by atoms with Gasteiger partial charge >= 0.3 is 0 Å². The van der Waals surface area contributed by atoms with Crippen molar-refractivity contribution in [2.75, 3.05) is 26.7 Å². The first-order chi connectivity index (χ1) is 8.65. The minimum atomic E-state index is -0.0211. The third kappa shape index (κ3) is 5.68. The van der Waals surface area contributed by atoms with Crippen molar-refractivity contribution >= 4 is 0 Å². The first-order valence-electron chi connectivity index (χ1n) is 7.73. The number of aliphatic hydroxyl groups is 1. The Balaban J connectivity index is 2.23. The van der Waals surface area contributed by atoms with Crippen molar-refractivity contribution in [2.45, 2.75) is 70.4 Å². The van der Waals surface area contributed by atoms with E-state index in [0.717, 1.165) is 19.4 Å². The van der Waals surface area contributed by atoms with Crippen LogP contribution in [0.15, 0.2) is 0 Å². The van der Waals surface area contributed by atoms with E-state index in [1.54, 1.807) is 0 Å². The second-order valence-corrected chi connectivity index (χ2v) is 5.97. The number of aliphatic hydroxyl groups excluding tert-OH is 1. The Kier molecular flexibility index (Phi) is 7.20. The molecule has 108 valence electrons. The summed E-state index contributed by atoms with van der Waals surface area (Å²) in [5.74, 6) is 0. The predicted octanol–water partition coefficient (Wildman–Crippen LogP) is 2.39. The Hall–Kier alpha value is -0.120. The molecule has 2 N–H and O–H groups in total. The lowest BCUT2D eigenvalue weighted by atomic mass is 9.91. The van der Waals surface area contributed by atoms with Gasteiger partial charge in [-0.25, -0.2) is 0 Å². The minimum absolute atomic E-state index is 0.0211. The Morgan fingerprint density at radius 3 is 2.39 bits per heavy atom. The van der Waals surface area contributed by atoms with E-state index in [4.69, 9.17) is 0 Å². The summed E-state index contributed by atoms with van der Waals surface area (Å²) in [6.07, 6.45) is 8.43. The van der Waals surface area contributed by atoms with Crippen LogP contribution in [-0.2, 0) is 0 Å². The van der Waals surface area contributed by atoms with E-state index in [2.05, 4.69) is 31.1 Å². The molecule has 0 aliphatic heterocycles. The van der Waals surface area contributed by atoms with Crippen LogP contribution in [0.3, 0.4) is 0 Å². The lowest BCUT2D eigenvalue weighted by molar-refractivity contribution is 0.138. The van der Waals surface area contributed by atoms with Crippen molar-refractivity contribution in [1.29, 1.82) is 0 Å². The van der Waals surface area contributed by atoms with Gasteiger partial charge in [-0.2, -0.15) is 0 Å². The summed E-state index contributed by atoms with van der Waals surface area (Å²) >= 11 is 0. The second-order valence-electron chi connectivity index (χ2n) is 5.97. The van der Waals surface area contributed by atoms with E-state index in [1.807, 2.05) is 0 Å². The summed E-state index contributed by atoms with van der Waals surface area (Å²) in [6, 6.07) is 0.676. The summed E-state index contributed by atoms with van der Waals surface area (Å²) in [7, 11) is 2.20. The van der Waals surface area contributed by atoms with Gasteiger partial charge in [-0.15, -0.1) is 0 Å². The zero-order valence-electron chi connectivity index (χ0n) is 12.5. The number of nitrogens with one attached hydrogen (secondary N) is 1. The Labute approximate surface area is 113 Å². The largest absolute Gasteiger partial charge is 0.394 e. The molecule has 1 aliphatic rings. The van der Waals surface area contributed by atoms with Crippen LogP contribution >= 0.6 is 0 Å². The molecule has 18 heavy (non-hydrogen) atoms. The number of nitrogens with zero attached hydrogens (tertiary/aromatic N) is 1. The van der Waals surface area contributed by atoms with E-state index in [0.29, 0.717) is 6.04 Å². The van der Waals surface area contributed by atoms with Crippen molar-refractivity contribution in [3.05, 3.63) is 0 Å². The van der Waals surface area contributed by atoms with Crippen LogP contribution in [0.1, 0.15) is 58.8 Å². The third-order valence-corrected chi connectivity index (χ3v) is 4.16. The zero-order valence-corrected chi connectivity index (χ0v) is 12.5. The van der Waals surface area contributed by atoms with Crippen molar-refractivity contribution in [2.24, 2.45) is 0 Å². The smallest absolute Gasteiger partial charge is 0.0613 e. The molecule has 0 aromatic rings. The first-order valence-corrected chi connectivity index (χ1v) is 7.73. The van der Waals surface area contributed by atoms with E-state index in [-0.39, 0.29) is 12.1 Å². The van der Waals surface area contributed by atoms with Crippen molar-refractivity contribution < 1.29 is 5.11 Å². The van der Waals surface area contributed by atoms with Gasteiger partial charge in [0.2, 0.25) is 0 Å². The minimum Gasteiger partial charge on any atom is -0.394 e. The van der Waals surface area contributed by atoms with E-state index >= 15 is 0 Å². The van der Waals surface area contributed by atoms with Gasteiger partial charge in [0.05, 0.1) is 6.61 Å². The van der Waals surface area contributed by atoms with Crippen LogP contribution in [-0.4, -0.2) is 48.3 Å². The highest BCUT2D eigenvalue weighted by molar-refractivity contribution is 4.94. The van der Waals surface area contributed by atoms with E-state index < -0.39 is 0 Å². The maximum absolute atomic E-state index is 9.68. The maximum atomic E-state index is 9.68. The third-order valence-electron chi connectivity index (χ3n) is 4.16. The molecule has 0 amide bonds. The lowest BCUT2D eigenvalue weighted by Crippen LogP contribution is -2.49. The van der Waals surface area contributed by atoms with Crippen LogP contribution in [0.5, 0.6) is 0 Å². The molecule has 0 spiro atoms. The fourth-order valence-electron chi connectivity index (χ4n) is 2.48. The normalized spacial score (nSPS) is 19.2. The molecule has 0 aromatic heterocycles. The average molecular weight is 256 g/mol. The molecule has 1 atom stereocenters. The van der Waals surface area contributed by atoms with Gasteiger partial charge in [0.1, 0.15) is 0 Å². The molecule has 0 radical (unpaired) electrons. The van der Waals surface area contributed by atoms with Crippen molar-refractivity contribution in [3.63, 3.8) is 0 Å². The molecule has 1 aliphatic carbocycles. The molecular weight excluding hydrogens is 224 g/mol. The standard InChI is InChI=1S/C15H32N2O/c1-4-6-11-17(3)12-7-10-15(5-2,13-18)16-14-8-9-14/h14,16,18H,4-13H2,1-3H3. The van der Waals surface area contributed by atoms with Gasteiger partial charge in [0.25, 0.3) is 0 Å². The monoisotopic (exact) mass is 256 g/mol. The average Bonchev–Trinajstić information content (AvgIpc) is 3.19. The number of unbranched alkanes of at least 4 members (excludes halogenated alkanes) is 1. The molecule has 0 saturated heterocycles. The molecular formula is C15H32N2O. The summed E-state index contributed by atoms with van der Waals surface area (Å²) in [6.45, 7) is 7.05. The summed E-state index contributed by atoms with van der Waals surface area (Å²) in [4.78, 5) is 2.42. The van der Waals surface area contributed by atoms with Crippen molar-refractivity contribution in [1.82, 2.24) is 10.2 Å². The van der Waals surface area contributed by atoms with Crippen molar-refractivity contribution in [3.8, 4) is 0 Å². The van der Waals surface area contributed by atoms with Crippen LogP contribution in [0.25, 0.3) is 0 Å². The number of hydrogen-bond donors (Lipinski definition) is 2. The molecule has 1 unspecified atom stereocenters. The molecule has 1 rings (SSSR count). The van der Waals surface area contributed by atoms with Crippen LogP contribution in [0.4, 0.5) is 0 Å². The van der Waals surface area contributed by atoms with Crippen LogP contribution in [0.2, 0.25) is 0 Å².